The van der Waals surface area contributed by atoms with Crippen LogP contribution in [0, 0.1) is 32.6 Å². The third-order valence-corrected chi connectivity index (χ3v) is 9.88. The standard InChI is InChI=1S/C36H39N4O5.Mg/c1-9-20-16(3)23-13-25-18(5)22(11-12-29(41)44-7)33(39-25)31-32(36(43)45-8)35(42)30-19(6)26(40-34(30)31)15-28-21(10-2)17(4)24(38-28)14-27(20)37-23;/h13-15,22,32-33H,9-12H2,1-8H3,(H-,37,38,42);/q-3;+2/p-1/b23-13-;/t22-,32+,33?;/m0./s1. The van der Waals surface area contributed by atoms with E-state index in [4.69, 9.17) is 29.7 Å². The Balaban J connectivity index is 0.00000417. The summed E-state index contributed by atoms with van der Waals surface area (Å²) in [4.78, 5) is 54.7. The summed E-state index contributed by atoms with van der Waals surface area (Å²) in [7, 11) is 2.65. The molecule has 5 heterocycles. The molecule has 0 fully saturated rings. The van der Waals surface area contributed by atoms with Crippen LogP contribution >= 0.6 is 0 Å². The predicted molar refractivity (Wildman–Crippen MR) is 176 cm³/mol. The van der Waals surface area contributed by atoms with Crippen molar-refractivity contribution >= 4 is 64.6 Å². The van der Waals surface area contributed by atoms with Crippen LogP contribution in [0.1, 0.15) is 83.2 Å². The maximum Gasteiger partial charge on any atom is 2.00 e. The van der Waals surface area contributed by atoms with Gasteiger partial charge in [0.2, 0.25) is 0 Å². The van der Waals surface area contributed by atoms with Crippen LogP contribution in [-0.2, 0) is 31.9 Å². The van der Waals surface area contributed by atoms with Gasteiger partial charge in [0.25, 0.3) is 0 Å². The molecule has 10 heteroatoms. The van der Waals surface area contributed by atoms with Crippen molar-refractivity contribution in [3.63, 3.8) is 0 Å². The van der Waals surface area contributed by atoms with Gasteiger partial charge in [-0.15, -0.1) is 38.5 Å². The molecule has 6 rings (SSSR count). The molecule has 0 saturated carbocycles. The van der Waals surface area contributed by atoms with E-state index >= 15 is 0 Å². The molecule has 2 aliphatic heterocycles. The number of esters is 2. The predicted octanol–water partition coefficient (Wildman–Crippen LogP) is 1.41. The molecule has 3 aromatic heterocycles. The van der Waals surface area contributed by atoms with Crippen LogP contribution in [0.4, 0.5) is 0 Å². The van der Waals surface area contributed by atoms with E-state index in [0.717, 1.165) is 68.5 Å². The number of fused-ring (bicyclic) bond motifs is 8. The van der Waals surface area contributed by atoms with Gasteiger partial charge in [-0.25, -0.2) is 0 Å². The average molecular weight is 631 g/mol. The number of hydrogen-bond acceptors (Lipinski definition) is 5. The molecule has 1 unspecified atom stereocenters. The van der Waals surface area contributed by atoms with Crippen LogP contribution in [0.2, 0.25) is 0 Å². The first-order valence-corrected chi connectivity index (χ1v) is 15.6. The summed E-state index contributed by atoms with van der Waals surface area (Å²) < 4.78 is 10.1. The second-order valence-corrected chi connectivity index (χ2v) is 12.1. The van der Waals surface area contributed by atoms with Crippen molar-refractivity contribution in [1.29, 1.82) is 0 Å². The Kier molecular flexibility index (Phi) is 9.34. The van der Waals surface area contributed by atoms with Crippen LogP contribution in [0.15, 0.2) is 11.3 Å². The van der Waals surface area contributed by atoms with E-state index in [9.17, 15) is 14.4 Å². The number of methoxy groups -OCH3 is 2. The SMILES string of the molecule is CCc1c2[n-]c(c1C)/C=c1\[n-]/c(c(C)c1CC)=C\C1=C(C)[C@H](CCC(=O)OC)C([N-]1)C1=c3[n-]/c(c(C)c3C(=O)[C@@H]1C(=O)OC)=C\2.[Mg+2]. The first-order chi connectivity index (χ1) is 21.5. The fraction of sp³-hybridized carbons (Fsp3) is 0.417. The zero-order valence-electron chi connectivity index (χ0n) is 27.8. The van der Waals surface area contributed by atoms with Crippen molar-refractivity contribution in [2.24, 2.45) is 11.8 Å². The molecule has 3 atom stereocenters. The molecule has 3 aromatic rings. The maximum atomic E-state index is 14.1. The van der Waals surface area contributed by atoms with Gasteiger partial charge in [0.1, 0.15) is 5.92 Å². The number of hydrogen-bond donors (Lipinski definition) is 0. The van der Waals surface area contributed by atoms with Gasteiger partial charge in [0.05, 0.1) is 14.2 Å². The Labute approximate surface area is 284 Å². The van der Waals surface area contributed by atoms with Crippen LogP contribution < -0.4 is 36.3 Å². The summed E-state index contributed by atoms with van der Waals surface area (Å²) in [6.07, 6.45) is 8.17. The number of ether oxygens (including phenoxy) is 2. The second kappa shape index (κ2) is 12.8. The molecule has 0 radical (unpaired) electrons. The Morgan fingerprint density at radius 2 is 1.48 bits per heavy atom. The molecule has 1 aliphatic carbocycles. The minimum Gasteiger partial charge on any atom is -0.678 e. The smallest absolute Gasteiger partial charge is 0.678 e. The maximum absolute atomic E-state index is 14.1. The van der Waals surface area contributed by atoms with Crippen molar-refractivity contribution in [2.45, 2.75) is 73.3 Å². The monoisotopic (exact) mass is 630 g/mol. The fourth-order valence-electron chi connectivity index (χ4n) is 7.31. The number of ketones is 1. The van der Waals surface area contributed by atoms with Crippen molar-refractivity contribution < 1.29 is 23.9 Å². The molecule has 9 nitrogen and oxygen atoms in total. The molecular weight excluding hydrogens is 593 g/mol. The molecule has 0 N–H and O–H groups in total. The van der Waals surface area contributed by atoms with Gasteiger partial charge in [0.15, 0.2) is 5.78 Å². The number of nitrogens with zero attached hydrogens (tertiary/aromatic N) is 4. The Bertz CT molecular complexity index is 2060. The summed E-state index contributed by atoms with van der Waals surface area (Å²) in [6, 6.07) is -0.602. The minimum absolute atomic E-state index is 0. The normalized spacial score (nSPS) is 21.8. The van der Waals surface area contributed by atoms with Crippen molar-refractivity contribution in [1.82, 2.24) is 15.0 Å². The van der Waals surface area contributed by atoms with Crippen molar-refractivity contribution in [2.75, 3.05) is 14.2 Å². The number of carbonyl (C=O) groups excluding carboxylic acids is 3. The first kappa shape index (κ1) is 33.6. The number of aromatic nitrogens is 3. The van der Waals surface area contributed by atoms with E-state index in [1.165, 1.54) is 14.2 Å². The van der Waals surface area contributed by atoms with Gasteiger partial charge in [-0.1, -0.05) is 77.1 Å². The molecule has 0 amide bonds. The topological polar surface area (TPSA) is 126 Å². The van der Waals surface area contributed by atoms with Crippen LogP contribution in [0.5, 0.6) is 0 Å². The van der Waals surface area contributed by atoms with Gasteiger partial charge in [-0.2, -0.15) is 0 Å². The van der Waals surface area contributed by atoms with E-state index in [1.54, 1.807) is 0 Å². The Hall–Kier alpha value is -3.76. The molecule has 3 aliphatic rings. The molecule has 0 aromatic carbocycles. The van der Waals surface area contributed by atoms with Crippen molar-refractivity contribution in [3.05, 3.63) is 82.8 Å². The number of carbonyl (C=O) groups is 3. The number of Topliss-reactive ketones (excluding diaryl/α,β-unsaturated/α-hetero) is 1. The van der Waals surface area contributed by atoms with Gasteiger partial charge in [0, 0.05) is 12.0 Å². The first-order valence-electron chi connectivity index (χ1n) is 15.6. The summed E-state index contributed by atoms with van der Waals surface area (Å²) in [5, 5.41) is 7.99. The van der Waals surface area contributed by atoms with E-state index in [-0.39, 0.29) is 47.1 Å². The third kappa shape index (κ3) is 5.19. The summed E-state index contributed by atoms with van der Waals surface area (Å²) >= 11 is 0. The van der Waals surface area contributed by atoms with E-state index < -0.39 is 17.9 Å². The molecule has 46 heavy (non-hydrogen) atoms. The summed E-state index contributed by atoms with van der Waals surface area (Å²) in [5.74, 6) is -2.74. The van der Waals surface area contributed by atoms with Gasteiger partial charge < -0.3 is 29.7 Å². The molecule has 0 saturated heterocycles. The summed E-state index contributed by atoms with van der Waals surface area (Å²) in [6.45, 7) is 12.2. The number of rotatable bonds is 6. The zero-order chi connectivity index (χ0) is 32.3. The zero-order valence-corrected chi connectivity index (χ0v) is 29.2. The second-order valence-electron chi connectivity index (χ2n) is 12.1. The van der Waals surface area contributed by atoms with Crippen LogP contribution in [-0.4, -0.2) is 61.0 Å². The van der Waals surface area contributed by atoms with E-state index in [0.29, 0.717) is 33.8 Å². The van der Waals surface area contributed by atoms with Crippen LogP contribution in [0.25, 0.3) is 29.1 Å². The largest absolute Gasteiger partial charge is 2.00 e. The molecule has 236 valence electrons. The molecular formula is C36H38MgN4O5-2. The minimum atomic E-state index is -1.16. The van der Waals surface area contributed by atoms with Gasteiger partial charge >= 0.3 is 35.0 Å². The Morgan fingerprint density at radius 3 is 2.13 bits per heavy atom. The quantitative estimate of drug-likeness (QED) is 0.227. The molecule has 8 bridgehead atoms. The van der Waals surface area contributed by atoms with Crippen LogP contribution in [0.3, 0.4) is 0 Å². The van der Waals surface area contributed by atoms with E-state index in [1.807, 2.05) is 26.0 Å². The van der Waals surface area contributed by atoms with Gasteiger partial charge in [-0.3, -0.25) is 14.4 Å². The van der Waals surface area contributed by atoms with Gasteiger partial charge in [-0.05, 0) is 52.9 Å². The van der Waals surface area contributed by atoms with E-state index in [2.05, 4.69) is 33.8 Å². The molecule has 0 spiro atoms. The average Bonchev–Trinajstić information content (AvgIpc) is 3.76. The van der Waals surface area contributed by atoms with Crippen molar-refractivity contribution in [3.8, 4) is 0 Å². The Morgan fingerprint density at radius 1 is 0.804 bits per heavy atom. The summed E-state index contributed by atoms with van der Waals surface area (Å²) in [5.41, 5.74) is 9.41. The number of allylic oxidation sites excluding steroid dienone is 1. The third-order valence-electron chi connectivity index (χ3n) is 9.88. The fourth-order valence-corrected chi connectivity index (χ4v) is 7.31.